The zero-order valence-corrected chi connectivity index (χ0v) is 14.7. The van der Waals surface area contributed by atoms with Gasteiger partial charge in [-0.2, -0.15) is 0 Å². The Morgan fingerprint density at radius 1 is 1.00 bits per heavy atom. The van der Waals surface area contributed by atoms with Gasteiger partial charge in [0.25, 0.3) is 5.91 Å². The summed E-state index contributed by atoms with van der Waals surface area (Å²) in [4.78, 5) is 24.5. The Kier molecular flexibility index (Phi) is 4.40. The van der Waals surface area contributed by atoms with Crippen molar-refractivity contribution in [3.8, 4) is 0 Å². The molecule has 0 aliphatic carbocycles. The zero-order valence-electron chi connectivity index (χ0n) is 13.1. The van der Waals surface area contributed by atoms with E-state index in [1.54, 1.807) is 25.1 Å². The number of aryl methyl sites for hydroxylation is 2. The molecule has 0 fully saturated rings. The third kappa shape index (κ3) is 3.05. The number of hydrogen-bond acceptors (Lipinski definition) is 3. The van der Waals surface area contributed by atoms with Crippen LogP contribution < -0.4 is 10.9 Å². The van der Waals surface area contributed by atoms with Gasteiger partial charge in [-0.05, 0) is 43.7 Å². The van der Waals surface area contributed by atoms with Crippen LogP contribution in [-0.2, 0) is 0 Å². The summed E-state index contributed by atoms with van der Waals surface area (Å²) in [6.07, 6.45) is 0. The van der Waals surface area contributed by atoms with Crippen molar-refractivity contribution in [3.63, 3.8) is 0 Å². The summed E-state index contributed by atoms with van der Waals surface area (Å²) in [5.74, 6) is -0.696. The molecule has 0 saturated heterocycles. The maximum atomic E-state index is 12.3. The average Bonchev–Trinajstić information content (AvgIpc) is 2.90. The molecule has 2 amide bonds. The summed E-state index contributed by atoms with van der Waals surface area (Å²) < 4.78 is 6.46. The van der Waals surface area contributed by atoms with Crippen LogP contribution in [0.4, 0.5) is 0 Å². The summed E-state index contributed by atoms with van der Waals surface area (Å²) in [7, 11) is 0. The van der Waals surface area contributed by atoms with E-state index in [4.69, 9.17) is 4.42 Å². The summed E-state index contributed by atoms with van der Waals surface area (Å²) in [6.45, 7) is 3.63. The van der Waals surface area contributed by atoms with E-state index in [2.05, 4.69) is 26.8 Å². The van der Waals surface area contributed by atoms with E-state index < -0.39 is 5.91 Å². The predicted octanol–water partition coefficient (Wildman–Crippen LogP) is 3.89. The largest absolute Gasteiger partial charge is 0.451 e. The Bertz CT molecular complexity index is 947. The molecule has 1 heterocycles. The number of fused-ring (bicyclic) bond motifs is 1. The Balaban J connectivity index is 1.75. The highest BCUT2D eigenvalue weighted by atomic mass is 79.9. The van der Waals surface area contributed by atoms with Gasteiger partial charge in [-0.1, -0.05) is 34.1 Å². The molecule has 122 valence electrons. The van der Waals surface area contributed by atoms with Crippen LogP contribution in [0.3, 0.4) is 0 Å². The van der Waals surface area contributed by atoms with Crippen molar-refractivity contribution in [1.29, 1.82) is 0 Å². The van der Waals surface area contributed by atoms with Gasteiger partial charge in [0.1, 0.15) is 5.58 Å². The lowest BCUT2D eigenvalue weighted by Gasteiger charge is -2.08. The van der Waals surface area contributed by atoms with Gasteiger partial charge in [0.05, 0.1) is 0 Å². The minimum atomic E-state index is -0.494. The molecule has 0 radical (unpaired) electrons. The first kappa shape index (κ1) is 16.3. The molecule has 2 aromatic carbocycles. The molecule has 1 aromatic heterocycles. The fourth-order valence-corrected chi connectivity index (χ4v) is 2.99. The Labute approximate surface area is 147 Å². The van der Waals surface area contributed by atoms with Crippen LogP contribution in [0.25, 0.3) is 11.0 Å². The predicted molar refractivity (Wildman–Crippen MR) is 94.8 cm³/mol. The number of halogens is 1. The van der Waals surface area contributed by atoms with Gasteiger partial charge in [0.2, 0.25) is 0 Å². The molecule has 24 heavy (non-hydrogen) atoms. The second-order valence-corrected chi connectivity index (χ2v) is 6.34. The number of rotatable bonds is 2. The summed E-state index contributed by atoms with van der Waals surface area (Å²) in [5, 5.41) is 0.873. The highest BCUT2D eigenvalue weighted by Crippen LogP contribution is 2.24. The number of hydrogen-bond donors (Lipinski definition) is 2. The van der Waals surface area contributed by atoms with Gasteiger partial charge in [0.15, 0.2) is 5.76 Å². The molecular formula is C18H15BrN2O3. The van der Waals surface area contributed by atoms with Crippen molar-refractivity contribution < 1.29 is 14.0 Å². The number of carbonyl (C=O) groups excluding carboxylic acids is 2. The van der Waals surface area contributed by atoms with Crippen LogP contribution >= 0.6 is 15.9 Å². The molecule has 5 nitrogen and oxygen atoms in total. The van der Waals surface area contributed by atoms with E-state index in [0.29, 0.717) is 11.1 Å². The van der Waals surface area contributed by atoms with Crippen LogP contribution in [0, 0.1) is 13.8 Å². The van der Waals surface area contributed by atoms with Crippen molar-refractivity contribution >= 4 is 38.7 Å². The summed E-state index contributed by atoms with van der Waals surface area (Å²) in [6, 6.07) is 12.7. The van der Waals surface area contributed by atoms with E-state index >= 15 is 0 Å². The molecule has 0 bridgehead atoms. The molecule has 2 N–H and O–H groups in total. The number of amides is 2. The monoisotopic (exact) mass is 386 g/mol. The molecule has 0 saturated carbocycles. The lowest BCUT2D eigenvalue weighted by atomic mass is 10.1. The van der Waals surface area contributed by atoms with Gasteiger partial charge in [-0.25, -0.2) is 0 Å². The van der Waals surface area contributed by atoms with Crippen LogP contribution in [0.2, 0.25) is 0 Å². The van der Waals surface area contributed by atoms with Gasteiger partial charge < -0.3 is 4.42 Å². The zero-order chi connectivity index (χ0) is 17.3. The van der Waals surface area contributed by atoms with E-state index in [9.17, 15) is 9.59 Å². The van der Waals surface area contributed by atoms with Crippen LogP contribution in [0.15, 0.2) is 51.4 Å². The highest BCUT2D eigenvalue weighted by Gasteiger charge is 2.18. The lowest BCUT2D eigenvalue weighted by molar-refractivity contribution is 0.0831. The van der Waals surface area contributed by atoms with Gasteiger partial charge in [-0.15, -0.1) is 0 Å². The smallest absolute Gasteiger partial charge is 0.305 e. The minimum absolute atomic E-state index is 0.184. The van der Waals surface area contributed by atoms with E-state index in [1.807, 2.05) is 31.2 Å². The summed E-state index contributed by atoms with van der Waals surface area (Å²) in [5.41, 5.74) is 7.47. The van der Waals surface area contributed by atoms with Crippen LogP contribution in [0.5, 0.6) is 0 Å². The second kappa shape index (κ2) is 6.49. The topological polar surface area (TPSA) is 71.3 Å². The van der Waals surface area contributed by atoms with Crippen molar-refractivity contribution in [2.75, 3.05) is 0 Å². The molecule has 0 spiro atoms. The first-order chi connectivity index (χ1) is 11.5. The van der Waals surface area contributed by atoms with Crippen LogP contribution in [-0.4, -0.2) is 11.8 Å². The number of nitrogens with one attached hydrogen (secondary N) is 2. The third-order valence-corrected chi connectivity index (χ3v) is 4.27. The Morgan fingerprint density at radius 2 is 1.71 bits per heavy atom. The Morgan fingerprint density at radius 3 is 2.42 bits per heavy atom. The minimum Gasteiger partial charge on any atom is -0.451 e. The molecule has 0 unspecified atom stereocenters. The molecule has 3 aromatic rings. The summed E-state index contributed by atoms with van der Waals surface area (Å²) >= 11 is 3.35. The fraction of sp³-hybridized carbons (Fsp3) is 0.111. The number of benzene rings is 2. The molecular weight excluding hydrogens is 372 g/mol. The third-order valence-electron chi connectivity index (χ3n) is 3.77. The van der Waals surface area contributed by atoms with Gasteiger partial charge >= 0.3 is 5.91 Å². The quantitative estimate of drug-likeness (QED) is 0.656. The molecule has 0 aliphatic rings. The van der Waals surface area contributed by atoms with Crippen molar-refractivity contribution in [2.24, 2.45) is 0 Å². The first-order valence-corrected chi connectivity index (χ1v) is 8.11. The fourth-order valence-electron chi connectivity index (χ4n) is 2.51. The normalized spacial score (nSPS) is 10.6. The standard InChI is InChI=1S/C18H15BrN2O3/c1-10-9-12(19)7-8-13(10)17(22)20-21-18(23)16-11(2)14-5-3-4-6-15(14)24-16/h3-9H,1-2H3,(H,20,22)(H,21,23). The average molecular weight is 387 g/mol. The number of para-hydroxylation sites is 1. The van der Waals surface area contributed by atoms with Crippen LogP contribution in [0.1, 0.15) is 32.0 Å². The van der Waals surface area contributed by atoms with Crippen molar-refractivity contribution in [3.05, 3.63) is 69.4 Å². The number of carbonyl (C=O) groups is 2. The molecule has 0 atom stereocenters. The molecule has 0 aliphatic heterocycles. The molecule has 6 heteroatoms. The highest BCUT2D eigenvalue weighted by molar-refractivity contribution is 9.10. The number of furan rings is 1. The van der Waals surface area contributed by atoms with Crippen molar-refractivity contribution in [1.82, 2.24) is 10.9 Å². The van der Waals surface area contributed by atoms with Crippen molar-refractivity contribution in [2.45, 2.75) is 13.8 Å². The number of hydrazine groups is 1. The Hall–Kier alpha value is -2.60. The van der Waals surface area contributed by atoms with Gasteiger partial charge in [-0.3, -0.25) is 20.4 Å². The maximum Gasteiger partial charge on any atom is 0.305 e. The van der Waals surface area contributed by atoms with E-state index in [-0.39, 0.29) is 11.7 Å². The van der Waals surface area contributed by atoms with E-state index in [0.717, 1.165) is 21.0 Å². The van der Waals surface area contributed by atoms with E-state index in [1.165, 1.54) is 0 Å². The SMILES string of the molecule is Cc1cc(Br)ccc1C(=O)NNC(=O)c1oc2ccccc2c1C. The lowest BCUT2D eigenvalue weighted by Crippen LogP contribution is -2.41. The molecule has 3 rings (SSSR count). The maximum absolute atomic E-state index is 12.3. The van der Waals surface area contributed by atoms with Gasteiger partial charge in [0, 0.05) is 21.0 Å². The first-order valence-electron chi connectivity index (χ1n) is 7.32. The second-order valence-electron chi connectivity index (χ2n) is 5.42.